The molecule has 1 N–H and O–H groups in total. The summed E-state index contributed by atoms with van der Waals surface area (Å²) < 4.78 is 61.0. The fourth-order valence-corrected chi connectivity index (χ4v) is 3.49. The third-order valence-electron chi connectivity index (χ3n) is 4.63. The molecule has 0 radical (unpaired) electrons. The number of anilines is 1. The minimum absolute atomic E-state index is 0.428. The normalized spacial score (nSPS) is 16.8. The summed E-state index contributed by atoms with van der Waals surface area (Å²) in [5.74, 6) is 0.731. The molecule has 0 amide bonds. The van der Waals surface area contributed by atoms with Gasteiger partial charge in [0.25, 0.3) is 0 Å². The van der Waals surface area contributed by atoms with E-state index in [1.165, 1.54) is 19.3 Å². The van der Waals surface area contributed by atoms with Crippen LogP contribution >= 0.6 is 31.0 Å². The zero-order valence-corrected chi connectivity index (χ0v) is 19.4. The fourth-order valence-electron chi connectivity index (χ4n) is 3.24. The average molecular weight is 534 g/mol. The van der Waals surface area contributed by atoms with E-state index < -0.39 is 7.81 Å². The van der Waals surface area contributed by atoms with Crippen molar-refractivity contribution in [3.63, 3.8) is 0 Å². The topological polar surface area (TPSA) is 46.6 Å². The van der Waals surface area contributed by atoms with Crippen LogP contribution in [-0.2, 0) is 0 Å². The Balaban J connectivity index is 0.000000383. The summed E-state index contributed by atoms with van der Waals surface area (Å²) in [7, 11) is -10.7. The van der Waals surface area contributed by atoms with Crippen LogP contribution in [-0.4, -0.2) is 21.2 Å². The molecule has 0 saturated heterocycles. The van der Waals surface area contributed by atoms with Crippen molar-refractivity contribution < 1.29 is 29.9 Å². The van der Waals surface area contributed by atoms with Gasteiger partial charge in [0.05, 0.1) is 11.1 Å². The number of nitrogens with one attached hydrogen (secondary N) is 1. The zero-order chi connectivity index (χ0) is 24.3. The molecule has 0 unspecified atom stereocenters. The second-order valence-corrected chi connectivity index (χ2v) is 10.3. The van der Waals surface area contributed by atoms with E-state index in [1.807, 2.05) is 53.2 Å². The average Bonchev–Trinajstić information content (AvgIpc) is 3.11. The predicted octanol–water partition coefficient (Wildman–Crippen LogP) is 7.98. The van der Waals surface area contributed by atoms with Gasteiger partial charge in [-0.05, 0) is 66.2 Å². The van der Waals surface area contributed by atoms with Crippen LogP contribution in [0.4, 0.5) is 31.1 Å². The molecule has 0 aliphatic heterocycles. The second kappa shape index (κ2) is 8.92. The third-order valence-corrected chi connectivity index (χ3v) is 5.14. The molecular weight excluding hydrogens is 514 g/mol. The van der Waals surface area contributed by atoms with Gasteiger partial charge in [0, 0.05) is 15.3 Å². The van der Waals surface area contributed by atoms with Crippen LogP contribution in [0, 0.1) is 0 Å². The van der Waals surface area contributed by atoms with E-state index in [1.54, 1.807) is 4.80 Å². The van der Waals surface area contributed by atoms with Crippen LogP contribution in [0.25, 0.3) is 11.4 Å². The van der Waals surface area contributed by atoms with Crippen LogP contribution in [0.5, 0.6) is 0 Å². The fraction of sp³-hybridized carbons (Fsp3) is 0.316. The van der Waals surface area contributed by atoms with Crippen LogP contribution in [0.3, 0.4) is 0 Å². The first-order valence-corrected chi connectivity index (χ1v) is 12.7. The summed E-state index contributed by atoms with van der Waals surface area (Å²) in [6.45, 7) is 0. The Labute approximate surface area is 195 Å². The molecule has 1 heterocycles. The Bertz CT molecular complexity index is 1070. The third kappa shape index (κ3) is 9.35. The van der Waals surface area contributed by atoms with Gasteiger partial charge in [0.1, 0.15) is 11.4 Å². The van der Waals surface area contributed by atoms with E-state index in [4.69, 9.17) is 23.2 Å². The minimum atomic E-state index is -10.7. The maximum atomic E-state index is 9.87. The number of hydrogen-bond acceptors (Lipinski definition) is 3. The summed E-state index contributed by atoms with van der Waals surface area (Å²) >= 11 is 12.0. The van der Waals surface area contributed by atoms with Crippen molar-refractivity contribution in [2.45, 2.75) is 38.1 Å². The van der Waals surface area contributed by atoms with Gasteiger partial charge in [-0.25, -0.2) is 0 Å². The van der Waals surface area contributed by atoms with E-state index in [9.17, 15) is 25.2 Å². The zero-order valence-electron chi connectivity index (χ0n) is 17.0. The van der Waals surface area contributed by atoms with E-state index in [0.29, 0.717) is 16.1 Å². The van der Waals surface area contributed by atoms with E-state index >= 15 is 0 Å². The molecule has 182 valence electrons. The van der Waals surface area contributed by atoms with Crippen molar-refractivity contribution in [3.05, 3.63) is 58.6 Å². The molecule has 0 atom stereocenters. The number of benzene rings is 2. The Hall–Kier alpha value is -2.10. The molecule has 4 rings (SSSR count). The first-order chi connectivity index (χ1) is 15.1. The summed E-state index contributed by atoms with van der Waals surface area (Å²) in [6, 6.07) is 15.5. The summed E-state index contributed by atoms with van der Waals surface area (Å²) in [5.41, 5.74) is 1.77. The van der Waals surface area contributed by atoms with Crippen molar-refractivity contribution in [2.75, 3.05) is 5.32 Å². The Kier molecular flexibility index (Phi) is 6.90. The molecule has 5 nitrogen and oxygen atoms in total. The van der Waals surface area contributed by atoms with Gasteiger partial charge < -0.3 is 0 Å². The molecule has 1 aliphatic carbocycles. The number of tetrazole rings is 1. The summed E-state index contributed by atoms with van der Waals surface area (Å²) in [5, 5.41) is 14.3. The number of aromatic nitrogens is 4. The Morgan fingerprint density at radius 2 is 1.30 bits per heavy atom. The van der Waals surface area contributed by atoms with Crippen LogP contribution in [0.2, 0.25) is 10.0 Å². The summed E-state index contributed by atoms with van der Waals surface area (Å²) in [6.07, 6.45) is 6.14. The van der Waals surface area contributed by atoms with Gasteiger partial charge >= 0.3 is 38.9 Å². The number of hydrogen-bond donors (Lipinski definition) is 1. The Morgan fingerprint density at radius 1 is 0.818 bits per heavy atom. The number of nitrogens with zero attached hydrogens (tertiary/aromatic N) is 4. The molecule has 1 fully saturated rings. The van der Waals surface area contributed by atoms with Gasteiger partial charge in [-0.1, -0.05) is 47.1 Å². The SMILES string of the molecule is Clc1ccc(-n2nc(NC3CCCCC3)[n+](-c3ccc(Cl)cc3)n2)cc1.F[P-](F)(F)(F)(F)F. The number of rotatable bonds is 4. The Morgan fingerprint density at radius 3 is 1.82 bits per heavy atom. The number of halogens is 8. The van der Waals surface area contributed by atoms with Crippen molar-refractivity contribution in [1.82, 2.24) is 15.1 Å². The van der Waals surface area contributed by atoms with Crippen molar-refractivity contribution in [1.29, 1.82) is 0 Å². The second-order valence-electron chi connectivity index (χ2n) is 7.50. The van der Waals surface area contributed by atoms with Crippen molar-refractivity contribution in [2.24, 2.45) is 0 Å². The van der Waals surface area contributed by atoms with Crippen molar-refractivity contribution >= 4 is 37.0 Å². The standard InChI is InChI=1S/C19H20Cl2N5.F6P/c20-14-6-10-17(11-7-14)25-19(22-16-4-2-1-3-5-16)23-26(24-25)18-12-8-15(21)9-13-18;1-7(2,3,4,5)6/h6-13,16H,1-5H2,(H,22,23,24);/q+1;-1. The van der Waals surface area contributed by atoms with Crippen LogP contribution in [0.1, 0.15) is 32.1 Å². The molecule has 3 aromatic rings. The molecule has 33 heavy (non-hydrogen) atoms. The van der Waals surface area contributed by atoms with Crippen molar-refractivity contribution in [3.8, 4) is 11.4 Å². The summed E-state index contributed by atoms with van der Waals surface area (Å²) in [4.78, 5) is 1.62. The maximum absolute atomic E-state index is 10.7. The van der Waals surface area contributed by atoms with Gasteiger partial charge in [-0.3, -0.25) is 5.32 Å². The van der Waals surface area contributed by atoms with Gasteiger partial charge in [0.15, 0.2) is 0 Å². The molecule has 0 bridgehead atoms. The van der Waals surface area contributed by atoms with Gasteiger partial charge in [-0.2, -0.15) is 0 Å². The van der Waals surface area contributed by atoms with Crippen LogP contribution in [0.15, 0.2) is 48.5 Å². The molecular formula is C19H20Cl2F6N5P. The van der Waals surface area contributed by atoms with E-state index in [-0.39, 0.29) is 0 Å². The molecule has 0 spiro atoms. The van der Waals surface area contributed by atoms with Gasteiger partial charge in [-0.15, -0.1) is 0 Å². The van der Waals surface area contributed by atoms with Gasteiger partial charge in [0.2, 0.25) is 0 Å². The first-order valence-electron chi connectivity index (χ1n) is 9.88. The molecule has 1 aliphatic rings. The molecule has 1 aromatic heterocycles. The molecule has 14 heteroatoms. The van der Waals surface area contributed by atoms with E-state index in [2.05, 4.69) is 15.6 Å². The predicted molar refractivity (Wildman–Crippen MR) is 117 cm³/mol. The quantitative estimate of drug-likeness (QED) is 0.210. The molecule has 2 aromatic carbocycles. The van der Waals surface area contributed by atoms with Crippen LogP contribution < -0.4 is 10.00 Å². The monoisotopic (exact) mass is 533 g/mol. The van der Waals surface area contributed by atoms with E-state index in [0.717, 1.165) is 30.2 Å². The molecule has 1 saturated carbocycles. The first kappa shape index (κ1) is 25.5.